The number of rotatable bonds is 8. The number of para-hydroxylation sites is 1. The van der Waals surface area contributed by atoms with Crippen LogP contribution >= 0.6 is 11.8 Å². The Morgan fingerprint density at radius 1 is 1.14 bits per heavy atom. The highest BCUT2D eigenvalue weighted by molar-refractivity contribution is 8.00. The van der Waals surface area contributed by atoms with Crippen LogP contribution in [0.3, 0.4) is 0 Å². The molecule has 3 aromatic rings. The lowest BCUT2D eigenvalue weighted by atomic mass is 10.2. The number of nitrogens with zero attached hydrogens (tertiary/aromatic N) is 3. The molecule has 7 heteroatoms. The highest BCUT2D eigenvalue weighted by Gasteiger charge is 2.19. The summed E-state index contributed by atoms with van der Waals surface area (Å²) in [7, 11) is 1.63. The molecule has 0 fully saturated rings. The van der Waals surface area contributed by atoms with Gasteiger partial charge >= 0.3 is 0 Å². The van der Waals surface area contributed by atoms with Gasteiger partial charge in [0.05, 0.1) is 18.9 Å². The number of methoxy groups -OCH3 is 1. The van der Waals surface area contributed by atoms with Gasteiger partial charge in [-0.15, -0.1) is 10.2 Å². The fourth-order valence-electron chi connectivity index (χ4n) is 2.78. The minimum Gasteiger partial charge on any atom is -0.496 e. The predicted octanol–water partition coefficient (Wildman–Crippen LogP) is 3.44. The van der Waals surface area contributed by atoms with E-state index in [1.165, 1.54) is 17.3 Å². The van der Waals surface area contributed by atoms with E-state index in [0.29, 0.717) is 13.1 Å². The van der Waals surface area contributed by atoms with Crippen LogP contribution in [0.15, 0.2) is 59.8 Å². The van der Waals surface area contributed by atoms with Gasteiger partial charge in [-0.25, -0.2) is 0 Å². The molecule has 0 spiro atoms. The standard InChI is InChI=1S/C21H24N4O2S/c1-15(20(26)22-13-18-11-7-8-12-19(18)27-3)28-21-24-23-16(2)25(21)14-17-9-5-4-6-10-17/h4-12,15H,13-14H2,1-3H3,(H,22,26). The molecule has 2 aromatic carbocycles. The Morgan fingerprint density at radius 2 is 1.86 bits per heavy atom. The molecule has 1 aromatic heterocycles. The molecule has 3 rings (SSSR count). The summed E-state index contributed by atoms with van der Waals surface area (Å²) in [4.78, 5) is 12.6. The summed E-state index contributed by atoms with van der Waals surface area (Å²) >= 11 is 1.41. The fraction of sp³-hybridized carbons (Fsp3) is 0.286. The van der Waals surface area contributed by atoms with E-state index in [1.807, 2.05) is 60.9 Å². The van der Waals surface area contributed by atoms with Crippen molar-refractivity contribution in [2.75, 3.05) is 7.11 Å². The molecule has 146 valence electrons. The SMILES string of the molecule is COc1ccccc1CNC(=O)C(C)Sc1nnc(C)n1Cc1ccccc1. The van der Waals surface area contributed by atoms with Crippen LogP contribution in [-0.2, 0) is 17.9 Å². The number of nitrogens with one attached hydrogen (secondary N) is 1. The lowest BCUT2D eigenvalue weighted by molar-refractivity contribution is -0.120. The first-order valence-corrected chi connectivity index (χ1v) is 9.96. The predicted molar refractivity (Wildman–Crippen MR) is 110 cm³/mol. The van der Waals surface area contributed by atoms with Gasteiger partial charge in [0.2, 0.25) is 5.91 Å². The van der Waals surface area contributed by atoms with E-state index in [0.717, 1.165) is 22.3 Å². The number of aryl methyl sites for hydroxylation is 1. The molecule has 28 heavy (non-hydrogen) atoms. The Hall–Kier alpha value is -2.80. The summed E-state index contributed by atoms with van der Waals surface area (Å²) in [5, 5.41) is 11.9. The second-order valence-corrected chi connectivity index (χ2v) is 7.70. The van der Waals surface area contributed by atoms with Gasteiger partial charge in [-0.2, -0.15) is 0 Å². The van der Waals surface area contributed by atoms with Crippen molar-refractivity contribution < 1.29 is 9.53 Å². The van der Waals surface area contributed by atoms with Crippen molar-refractivity contribution in [2.24, 2.45) is 0 Å². The summed E-state index contributed by atoms with van der Waals surface area (Å²) in [6.07, 6.45) is 0. The van der Waals surface area contributed by atoms with E-state index in [-0.39, 0.29) is 11.2 Å². The number of thioether (sulfide) groups is 1. The van der Waals surface area contributed by atoms with E-state index in [9.17, 15) is 4.79 Å². The van der Waals surface area contributed by atoms with Gasteiger partial charge in [0.15, 0.2) is 5.16 Å². The van der Waals surface area contributed by atoms with Gasteiger partial charge in [-0.05, 0) is 25.5 Å². The minimum atomic E-state index is -0.298. The highest BCUT2D eigenvalue weighted by Crippen LogP contribution is 2.24. The van der Waals surface area contributed by atoms with E-state index in [2.05, 4.69) is 27.6 Å². The molecule has 0 aliphatic carbocycles. The second kappa shape index (κ2) is 9.41. The zero-order valence-electron chi connectivity index (χ0n) is 16.3. The van der Waals surface area contributed by atoms with Crippen molar-refractivity contribution in [1.29, 1.82) is 0 Å². The summed E-state index contributed by atoms with van der Waals surface area (Å²) in [5.41, 5.74) is 2.11. The maximum absolute atomic E-state index is 12.6. The molecule has 1 amide bonds. The number of aromatic nitrogens is 3. The van der Waals surface area contributed by atoms with Gasteiger partial charge in [0.1, 0.15) is 11.6 Å². The molecule has 0 aliphatic rings. The van der Waals surface area contributed by atoms with Crippen LogP contribution in [0.5, 0.6) is 5.75 Å². The second-order valence-electron chi connectivity index (χ2n) is 6.39. The molecule has 0 radical (unpaired) electrons. The number of hydrogen-bond acceptors (Lipinski definition) is 5. The number of carbonyl (C=O) groups is 1. The van der Waals surface area contributed by atoms with Crippen molar-refractivity contribution in [3.05, 3.63) is 71.5 Å². The molecule has 1 unspecified atom stereocenters. The van der Waals surface area contributed by atoms with Crippen LogP contribution in [0.25, 0.3) is 0 Å². The molecule has 1 heterocycles. The highest BCUT2D eigenvalue weighted by atomic mass is 32.2. The molecule has 1 atom stereocenters. The average molecular weight is 397 g/mol. The molecule has 1 N–H and O–H groups in total. The molecule has 6 nitrogen and oxygen atoms in total. The Labute approximate surface area is 169 Å². The normalized spacial score (nSPS) is 11.8. The van der Waals surface area contributed by atoms with E-state index >= 15 is 0 Å². The lowest BCUT2D eigenvalue weighted by Crippen LogP contribution is -2.30. The van der Waals surface area contributed by atoms with Gasteiger partial charge in [0, 0.05) is 12.1 Å². The molecule has 0 aliphatic heterocycles. The summed E-state index contributed by atoms with van der Waals surface area (Å²) in [5.74, 6) is 1.54. The van der Waals surface area contributed by atoms with Gasteiger partial charge in [-0.1, -0.05) is 60.3 Å². The third-order valence-electron chi connectivity index (χ3n) is 4.38. The fourth-order valence-corrected chi connectivity index (χ4v) is 3.70. The van der Waals surface area contributed by atoms with Crippen LogP contribution in [0.2, 0.25) is 0 Å². The van der Waals surface area contributed by atoms with Crippen molar-refractivity contribution in [1.82, 2.24) is 20.1 Å². The van der Waals surface area contributed by atoms with Gasteiger partial charge in [-0.3, -0.25) is 4.79 Å². The zero-order valence-corrected chi connectivity index (χ0v) is 17.1. The number of ether oxygens (including phenoxy) is 1. The molecule has 0 bridgehead atoms. The smallest absolute Gasteiger partial charge is 0.233 e. The Balaban J connectivity index is 1.63. The summed E-state index contributed by atoms with van der Waals surface area (Å²) < 4.78 is 7.36. The van der Waals surface area contributed by atoms with E-state index in [1.54, 1.807) is 7.11 Å². The quantitative estimate of drug-likeness (QED) is 0.591. The van der Waals surface area contributed by atoms with Crippen LogP contribution in [-0.4, -0.2) is 33.0 Å². The van der Waals surface area contributed by atoms with Crippen molar-refractivity contribution in [3.63, 3.8) is 0 Å². The third kappa shape index (κ3) is 4.92. The first-order valence-electron chi connectivity index (χ1n) is 9.08. The zero-order chi connectivity index (χ0) is 19.9. The topological polar surface area (TPSA) is 69.0 Å². The maximum Gasteiger partial charge on any atom is 0.233 e. The number of benzene rings is 2. The number of amides is 1. The number of carbonyl (C=O) groups excluding carboxylic acids is 1. The van der Waals surface area contributed by atoms with E-state index in [4.69, 9.17) is 4.74 Å². The van der Waals surface area contributed by atoms with E-state index < -0.39 is 0 Å². The van der Waals surface area contributed by atoms with Crippen LogP contribution in [0.1, 0.15) is 23.9 Å². The molecule has 0 saturated heterocycles. The van der Waals surface area contributed by atoms with Crippen molar-refractivity contribution >= 4 is 17.7 Å². The third-order valence-corrected chi connectivity index (χ3v) is 5.46. The Morgan fingerprint density at radius 3 is 2.61 bits per heavy atom. The average Bonchev–Trinajstić information content (AvgIpc) is 3.06. The summed E-state index contributed by atoms with van der Waals surface area (Å²) in [6.45, 7) is 4.90. The summed E-state index contributed by atoms with van der Waals surface area (Å²) in [6, 6.07) is 17.8. The number of hydrogen-bond donors (Lipinski definition) is 1. The molecule has 0 saturated carbocycles. The monoisotopic (exact) mass is 396 g/mol. The van der Waals surface area contributed by atoms with Crippen LogP contribution < -0.4 is 10.1 Å². The Kier molecular flexibility index (Phi) is 6.71. The van der Waals surface area contributed by atoms with Crippen molar-refractivity contribution in [2.45, 2.75) is 37.3 Å². The first-order chi connectivity index (χ1) is 13.6. The molecular weight excluding hydrogens is 372 g/mol. The van der Waals surface area contributed by atoms with Gasteiger partial charge < -0.3 is 14.6 Å². The Bertz CT molecular complexity index is 927. The molecular formula is C21H24N4O2S. The van der Waals surface area contributed by atoms with Crippen LogP contribution in [0, 0.1) is 6.92 Å². The van der Waals surface area contributed by atoms with Crippen LogP contribution in [0.4, 0.5) is 0 Å². The van der Waals surface area contributed by atoms with Crippen molar-refractivity contribution in [3.8, 4) is 5.75 Å². The maximum atomic E-state index is 12.6. The largest absolute Gasteiger partial charge is 0.496 e. The first kappa shape index (κ1) is 19.9. The van der Waals surface area contributed by atoms with Gasteiger partial charge in [0.25, 0.3) is 0 Å². The lowest BCUT2D eigenvalue weighted by Gasteiger charge is -2.14. The minimum absolute atomic E-state index is 0.0529.